The van der Waals surface area contributed by atoms with Crippen LogP contribution >= 0.6 is 0 Å². The van der Waals surface area contributed by atoms with E-state index in [4.69, 9.17) is 0 Å². The van der Waals surface area contributed by atoms with Gasteiger partial charge in [-0.1, -0.05) is 18.2 Å². The van der Waals surface area contributed by atoms with Crippen LogP contribution in [0.2, 0.25) is 0 Å². The number of halogens is 2. The van der Waals surface area contributed by atoms with Gasteiger partial charge in [0.2, 0.25) is 0 Å². The average Bonchev–Trinajstić information content (AvgIpc) is 1.88. The molecule has 0 amide bonds. The summed E-state index contributed by atoms with van der Waals surface area (Å²) in [4.78, 5) is 0. The van der Waals surface area contributed by atoms with Crippen molar-refractivity contribution in [1.82, 2.24) is 0 Å². The lowest BCUT2D eigenvalue weighted by Gasteiger charge is -1.87. The lowest BCUT2D eigenvalue weighted by Crippen LogP contribution is -1.63. The highest BCUT2D eigenvalue weighted by Gasteiger charge is 1.88. The monoisotopic (exact) mass is 161 g/mol. The van der Waals surface area contributed by atoms with Gasteiger partial charge < -0.3 is 0 Å². The Hall–Kier alpha value is -0.770. The van der Waals surface area contributed by atoms with E-state index in [-0.39, 0.29) is 0 Å². The van der Waals surface area contributed by atoms with E-state index in [9.17, 15) is 7.77 Å². The number of benzene rings is 1. The Morgan fingerprint density at radius 3 is 2.20 bits per heavy atom. The first-order chi connectivity index (χ1) is 4.79. The minimum atomic E-state index is -2.84. The molecule has 0 heterocycles. The van der Waals surface area contributed by atoms with E-state index in [0.29, 0.717) is 5.69 Å². The summed E-state index contributed by atoms with van der Waals surface area (Å²) < 4.78 is 26.2. The fourth-order valence-corrected chi connectivity index (χ4v) is 0.850. The van der Waals surface area contributed by atoms with Crippen molar-refractivity contribution in [2.45, 2.75) is 0 Å². The summed E-state index contributed by atoms with van der Waals surface area (Å²) in [5.41, 5.74) is 0.329. The summed E-state index contributed by atoms with van der Waals surface area (Å²) in [6.07, 6.45) is 0. The standard InChI is InChI=1S/C6H5F2NS/c7-10(8)9-6-4-2-1-3-5-6/h1-5H. The summed E-state index contributed by atoms with van der Waals surface area (Å²) in [6.45, 7) is 0. The number of rotatable bonds is 1. The van der Waals surface area contributed by atoms with Gasteiger partial charge in [-0.05, 0) is 12.1 Å². The highest BCUT2D eigenvalue weighted by molar-refractivity contribution is 7.76. The molecule has 1 rings (SSSR count). The van der Waals surface area contributed by atoms with Crippen LogP contribution in [0.4, 0.5) is 13.5 Å². The second-order valence-electron chi connectivity index (χ2n) is 1.62. The molecule has 0 unspecified atom stereocenters. The number of nitrogens with zero attached hydrogens (tertiary/aromatic N) is 1. The summed E-state index contributed by atoms with van der Waals surface area (Å²) >= 11 is -2.84. The molecule has 0 bridgehead atoms. The molecule has 0 radical (unpaired) electrons. The second-order valence-corrected chi connectivity index (χ2v) is 2.20. The molecule has 0 spiro atoms. The van der Waals surface area contributed by atoms with Gasteiger partial charge in [-0.25, -0.2) is 0 Å². The maximum atomic E-state index is 11.6. The Kier molecular flexibility index (Phi) is 2.50. The largest absolute Gasteiger partial charge is 0.266 e. The van der Waals surface area contributed by atoms with Gasteiger partial charge in [0.15, 0.2) is 0 Å². The third-order valence-electron chi connectivity index (χ3n) is 0.931. The Labute approximate surface area is 60.4 Å². The van der Waals surface area contributed by atoms with Crippen LogP contribution in [-0.4, -0.2) is 0 Å². The van der Waals surface area contributed by atoms with Crippen molar-refractivity contribution in [2.24, 2.45) is 4.36 Å². The molecular formula is C6H5F2NS. The molecule has 10 heavy (non-hydrogen) atoms. The van der Waals surface area contributed by atoms with Crippen LogP contribution in [0.15, 0.2) is 34.7 Å². The highest BCUT2D eigenvalue weighted by atomic mass is 32.2. The van der Waals surface area contributed by atoms with Crippen LogP contribution in [0.5, 0.6) is 0 Å². The summed E-state index contributed by atoms with van der Waals surface area (Å²) in [5.74, 6) is 0. The van der Waals surface area contributed by atoms with E-state index >= 15 is 0 Å². The van der Waals surface area contributed by atoms with Crippen LogP contribution in [0.3, 0.4) is 0 Å². The molecular weight excluding hydrogens is 156 g/mol. The van der Waals surface area contributed by atoms with Gasteiger partial charge in [0.05, 0.1) is 5.69 Å². The molecule has 0 saturated carbocycles. The van der Waals surface area contributed by atoms with Gasteiger partial charge in [0.1, 0.15) is 0 Å². The van der Waals surface area contributed by atoms with Gasteiger partial charge in [-0.15, -0.1) is 7.77 Å². The average molecular weight is 161 g/mol. The molecule has 1 nitrogen and oxygen atoms in total. The summed E-state index contributed by atoms with van der Waals surface area (Å²) in [7, 11) is 0. The highest BCUT2D eigenvalue weighted by Crippen LogP contribution is 2.12. The lowest BCUT2D eigenvalue weighted by molar-refractivity contribution is 0.786. The molecule has 54 valence electrons. The topological polar surface area (TPSA) is 12.4 Å². The molecule has 4 heteroatoms. The molecule has 0 atom stereocenters. The Balaban J connectivity index is 2.87. The zero-order valence-electron chi connectivity index (χ0n) is 5.00. The Bertz CT molecular complexity index is 231. The third-order valence-corrected chi connectivity index (χ3v) is 1.28. The van der Waals surface area contributed by atoms with Gasteiger partial charge in [-0.3, -0.25) is 0 Å². The van der Waals surface area contributed by atoms with Crippen molar-refractivity contribution in [2.75, 3.05) is 0 Å². The number of hydrogen-bond donors (Lipinski definition) is 0. The molecule has 1 aromatic rings. The van der Waals surface area contributed by atoms with Crippen LogP contribution in [0.25, 0.3) is 0 Å². The minimum Gasteiger partial charge on any atom is -0.169 e. The summed E-state index contributed by atoms with van der Waals surface area (Å²) in [5, 5.41) is 0. The zero-order valence-corrected chi connectivity index (χ0v) is 5.81. The fourth-order valence-electron chi connectivity index (χ4n) is 0.569. The quantitative estimate of drug-likeness (QED) is 0.600. The Morgan fingerprint density at radius 1 is 1.10 bits per heavy atom. The van der Waals surface area contributed by atoms with Gasteiger partial charge in [0, 0.05) is 0 Å². The van der Waals surface area contributed by atoms with Crippen LogP contribution < -0.4 is 0 Å². The molecule has 1 aromatic carbocycles. The molecule has 0 aliphatic carbocycles. The zero-order chi connectivity index (χ0) is 7.40. The maximum absolute atomic E-state index is 11.6. The third kappa shape index (κ3) is 2.23. The summed E-state index contributed by atoms with van der Waals surface area (Å²) in [6, 6.07) is 8.18. The van der Waals surface area contributed by atoms with E-state index in [1.807, 2.05) is 0 Å². The van der Waals surface area contributed by atoms with Crippen LogP contribution in [-0.2, 0) is 11.5 Å². The fraction of sp³-hybridized carbons (Fsp3) is 0. The molecule has 0 saturated heterocycles. The van der Waals surface area contributed by atoms with Crippen molar-refractivity contribution < 1.29 is 7.77 Å². The van der Waals surface area contributed by atoms with Gasteiger partial charge in [-0.2, -0.15) is 4.36 Å². The molecule has 0 fully saturated rings. The maximum Gasteiger partial charge on any atom is 0.266 e. The van der Waals surface area contributed by atoms with Gasteiger partial charge in [0.25, 0.3) is 11.5 Å². The van der Waals surface area contributed by atoms with Crippen molar-refractivity contribution in [3.63, 3.8) is 0 Å². The molecule has 0 N–H and O–H groups in total. The van der Waals surface area contributed by atoms with E-state index < -0.39 is 11.5 Å². The first-order valence-corrected chi connectivity index (χ1v) is 3.61. The van der Waals surface area contributed by atoms with Crippen molar-refractivity contribution in [3.8, 4) is 0 Å². The predicted molar refractivity (Wildman–Crippen MR) is 38.1 cm³/mol. The molecule has 0 aromatic heterocycles. The predicted octanol–water partition coefficient (Wildman–Crippen LogP) is 2.89. The Morgan fingerprint density at radius 2 is 1.70 bits per heavy atom. The van der Waals surface area contributed by atoms with Crippen molar-refractivity contribution >= 4 is 17.2 Å². The minimum absolute atomic E-state index is 0.329. The van der Waals surface area contributed by atoms with Crippen molar-refractivity contribution in [1.29, 1.82) is 0 Å². The van der Waals surface area contributed by atoms with E-state index in [0.717, 1.165) is 0 Å². The van der Waals surface area contributed by atoms with E-state index in [2.05, 4.69) is 4.36 Å². The van der Waals surface area contributed by atoms with Gasteiger partial charge >= 0.3 is 0 Å². The SMILES string of the molecule is FS(F)=Nc1ccccc1. The smallest absolute Gasteiger partial charge is 0.169 e. The second kappa shape index (κ2) is 3.41. The first kappa shape index (κ1) is 7.34. The van der Waals surface area contributed by atoms with Crippen LogP contribution in [0.1, 0.15) is 0 Å². The molecule has 0 aliphatic heterocycles. The first-order valence-electron chi connectivity index (χ1n) is 2.63. The normalized spacial score (nSPS) is 9.90. The van der Waals surface area contributed by atoms with E-state index in [1.54, 1.807) is 30.3 Å². The van der Waals surface area contributed by atoms with Crippen molar-refractivity contribution in [3.05, 3.63) is 30.3 Å². The molecule has 0 aliphatic rings. The number of hydrogen-bond acceptors (Lipinski definition) is 1. The van der Waals surface area contributed by atoms with E-state index in [1.165, 1.54) is 0 Å². The van der Waals surface area contributed by atoms with Crippen LogP contribution in [0, 0.1) is 0 Å². The lowest BCUT2D eigenvalue weighted by atomic mass is 10.3.